The van der Waals surface area contributed by atoms with Crippen LogP contribution in [0.4, 0.5) is 4.39 Å². The van der Waals surface area contributed by atoms with E-state index in [1.54, 1.807) is 12.2 Å². The summed E-state index contributed by atoms with van der Waals surface area (Å²) in [5, 5.41) is 6.99. The van der Waals surface area contributed by atoms with Gasteiger partial charge in [0, 0.05) is 5.57 Å². The van der Waals surface area contributed by atoms with E-state index in [9.17, 15) is 0 Å². The Labute approximate surface area is 139 Å². The molecule has 0 heterocycles. The maximum absolute atomic E-state index is 15.7. The SMILES string of the molecule is N=CN=C(N)C1=CC=CC(Br)(C2(F)CCCCCCC2)C=C1. The van der Waals surface area contributed by atoms with Crippen LogP contribution in [0.2, 0.25) is 0 Å². The zero-order valence-electron chi connectivity index (χ0n) is 12.7. The molecule has 0 aromatic heterocycles. The number of nitrogens with two attached hydrogens (primary N) is 1. The van der Waals surface area contributed by atoms with Crippen molar-refractivity contribution in [1.82, 2.24) is 0 Å². The fourth-order valence-corrected chi connectivity index (χ4v) is 3.76. The van der Waals surface area contributed by atoms with Crippen LogP contribution in [-0.2, 0) is 0 Å². The van der Waals surface area contributed by atoms with Crippen molar-refractivity contribution in [1.29, 1.82) is 5.41 Å². The molecule has 0 radical (unpaired) electrons. The Morgan fingerprint density at radius 1 is 1.23 bits per heavy atom. The van der Waals surface area contributed by atoms with Gasteiger partial charge in [0.05, 0.1) is 4.32 Å². The summed E-state index contributed by atoms with van der Waals surface area (Å²) in [6.45, 7) is 0. The monoisotopic (exact) mass is 367 g/mol. The number of hydrogen-bond acceptors (Lipinski definition) is 1. The van der Waals surface area contributed by atoms with Gasteiger partial charge in [0.25, 0.3) is 0 Å². The Balaban J connectivity index is 2.25. The van der Waals surface area contributed by atoms with Crippen molar-refractivity contribution in [3.8, 4) is 0 Å². The van der Waals surface area contributed by atoms with Crippen molar-refractivity contribution in [3.63, 3.8) is 0 Å². The van der Waals surface area contributed by atoms with E-state index >= 15 is 4.39 Å². The van der Waals surface area contributed by atoms with Gasteiger partial charge in [0.1, 0.15) is 17.8 Å². The average molecular weight is 368 g/mol. The lowest BCUT2D eigenvalue weighted by atomic mass is 9.78. The van der Waals surface area contributed by atoms with Gasteiger partial charge in [0.15, 0.2) is 0 Å². The number of halogens is 2. The highest BCUT2D eigenvalue weighted by molar-refractivity contribution is 9.10. The first-order chi connectivity index (χ1) is 10.5. The molecule has 120 valence electrons. The van der Waals surface area contributed by atoms with Crippen molar-refractivity contribution < 1.29 is 4.39 Å². The number of nitrogens with zero attached hydrogens (tertiary/aromatic N) is 1. The molecule has 2 rings (SSSR count). The van der Waals surface area contributed by atoms with Crippen LogP contribution >= 0.6 is 15.9 Å². The molecule has 2 aliphatic carbocycles. The Morgan fingerprint density at radius 2 is 1.86 bits per heavy atom. The lowest BCUT2D eigenvalue weighted by Crippen LogP contribution is -2.44. The number of amidine groups is 1. The van der Waals surface area contributed by atoms with E-state index in [0.29, 0.717) is 18.4 Å². The normalized spacial score (nSPS) is 29.2. The third-order valence-corrected chi connectivity index (χ3v) is 5.69. The number of allylic oxidation sites excluding steroid dienone is 4. The van der Waals surface area contributed by atoms with E-state index < -0.39 is 9.99 Å². The standard InChI is InChI=1S/C17H23BrFN3/c18-16(17(19)10-4-2-1-3-5-11-17)9-6-7-14(8-12-16)15(21)22-13-20/h6-9,12-13H,1-5,10-11H2,(H3,20,21,22). The second kappa shape index (κ2) is 7.36. The van der Waals surface area contributed by atoms with Crippen molar-refractivity contribution in [2.75, 3.05) is 0 Å². The largest absolute Gasteiger partial charge is 0.383 e. The van der Waals surface area contributed by atoms with Crippen LogP contribution in [0.5, 0.6) is 0 Å². The zero-order valence-corrected chi connectivity index (χ0v) is 14.3. The fraction of sp³-hybridized carbons (Fsp3) is 0.529. The lowest BCUT2D eigenvalue weighted by Gasteiger charge is -2.39. The smallest absolute Gasteiger partial charge is 0.133 e. The van der Waals surface area contributed by atoms with E-state index in [1.807, 2.05) is 18.2 Å². The maximum Gasteiger partial charge on any atom is 0.133 e. The lowest BCUT2D eigenvalue weighted by molar-refractivity contribution is 0.109. The molecule has 1 fully saturated rings. The van der Waals surface area contributed by atoms with E-state index in [0.717, 1.165) is 32.0 Å². The van der Waals surface area contributed by atoms with Crippen LogP contribution < -0.4 is 5.73 Å². The van der Waals surface area contributed by atoms with E-state index in [2.05, 4.69) is 20.9 Å². The Bertz CT molecular complexity index is 528. The first-order valence-electron chi connectivity index (χ1n) is 7.80. The molecular formula is C17H23BrFN3. The molecule has 0 aromatic rings. The summed E-state index contributed by atoms with van der Waals surface area (Å²) in [5.41, 5.74) is 5.21. The minimum Gasteiger partial charge on any atom is -0.383 e. The highest BCUT2D eigenvalue weighted by Gasteiger charge is 2.47. The first-order valence-corrected chi connectivity index (χ1v) is 8.59. The van der Waals surface area contributed by atoms with Crippen LogP contribution in [0.15, 0.2) is 40.9 Å². The van der Waals surface area contributed by atoms with Crippen LogP contribution in [0.25, 0.3) is 0 Å². The van der Waals surface area contributed by atoms with Crippen LogP contribution in [0.1, 0.15) is 44.9 Å². The summed E-state index contributed by atoms with van der Waals surface area (Å²) >= 11 is 3.63. The van der Waals surface area contributed by atoms with E-state index in [-0.39, 0.29) is 5.84 Å². The van der Waals surface area contributed by atoms with Crippen molar-refractivity contribution in [2.45, 2.75) is 54.9 Å². The van der Waals surface area contributed by atoms with Gasteiger partial charge in [-0.2, -0.15) is 0 Å². The second-order valence-electron chi connectivity index (χ2n) is 5.96. The summed E-state index contributed by atoms with van der Waals surface area (Å²) in [4.78, 5) is 3.77. The minimum absolute atomic E-state index is 0.262. The van der Waals surface area contributed by atoms with Gasteiger partial charge >= 0.3 is 0 Å². The number of alkyl halides is 2. The van der Waals surface area contributed by atoms with Gasteiger partial charge in [-0.25, -0.2) is 9.38 Å². The summed E-state index contributed by atoms with van der Waals surface area (Å²) in [5.74, 6) is 0.262. The Morgan fingerprint density at radius 3 is 2.50 bits per heavy atom. The van der Waals surface area contributed by atoms with Crippen molar-refractivity contribution in [3.05, 3.63) is 36.0 Å². The highest BCUT2D eigenvalue weighted by atomic mass is 79.9. The topological polar surface area (TPSA) is 62.2 Å². The molecule has 2 aliphatic rings. The maximum atomic E-state index is 15.7. The Kier molecular flexibility index (Phi) is 5.73. The summed E-state index contributed by atoms with van der Waals surface area (Å²) in [6.07, 6.45) is 16.4. The number of rotatable bonds is 3. The molecule has 1 unspecified atom stereocenters. The van der Waals surface area contributed by atoms with Crippen molar-refractivity contribution in [2.24, 2.45) is 10.7 Å². The summed E-state index contributed by atoms with van der Waals surface area (Å²) < 4.78 is 14.9. The molecule has 0 aromatic carbocycles. The molecule has 0 spiro atoms. The summed E-state index contributed by atoms with van der Waals surface area (Å²) in [7, 11) is 0. The molecule has 3 nitrogen and oxygen atoms in total. The Hall–Kier alpha value is -1.23. The molecule has 0 saturated heterocycles. The van der Waals surface area contributed by atoms with Crippen LogP contribution in [0, 0.1) is 5.41 Å². The van der Waals surface area contributed by atoms with E-state index in [4.69, 9.17) is 11.1 Å². The number of nitrogens with one attached hydrogen (secondary N) is 1. The fourth-order valence-electron chi connectivity index (χ4n) is 3.08. The minimum atomic E-state index is -1.29. The molecule has 1 saturated carbocycles. The predicted octanol–water partition coefficient (Wildman–Crippen LogP) is 4.59. The van der Waals surface area contributed by atoms with E-state index in [1.165, 1.54) is 6.42 Å². The number of hydrogen-bond donors (Lipinski definition) is 2. The van der Waals surface area contributed by atoms with Gasteiger partial charge in [-0.15, -0.1) is 0 Å². The average Bonchev–Trinajstić information content (AvgIpc) is 2.67. The zero-order chi connectivity index (χ0) is 16.1. The van der Waals surface area contributed by atoms with Gasteiger partial charge in [-0.05, 0) is 12.8 Å². The molecular weight excluding hydrogens is 345 g/mol. The molecule has 0 aliphatic heterocycles. The van der Waals surface area contributed by atoms with Gasteiger partial charge in [-0.1, -0.05) is 78.4 Å². The van der Waals surface area contributed by atoms with Crippen LogP contribution in [0.3, 0.4) is 0 Å². The van der Waals surface area contributed by atoms with Crippen LogP contribution in [-0.4, -0.2) is 22.2 Å². The quantitative estimate of drug-likeness (QED) is 0.427. The van der Waals surface area contributed by atoms with Gasteiger partial charge < -0.3 is 5.73 Å². The first kappa shape index (κ1) is 17.1. The highest BCUT2D eigenvalue weighted by Crippen LogP contribution is 2.46. The molecule has 0 amide bonds. The van der Waals surface area contributed by atoms with Gasteiger partial charge in [-0.3, -0.25) is 5.41 Å². The third-order valence-electron chi connectivity index (χ3n) is 4.45. The predicted molar refractivity (Wildman–Crippen MR) is 94.6 cm³/mol. The molecule has 22 heavy (non-hydrogen) atoms. The second-order valence-corrected chi connectivity index (χ2v) is 7.27. The molecule has 3 N–H and O–H groups in total. The molecule has 1 atom stereocenters. The molecule has 5 heteroatoms. The number of aliphatic imine (C=N–C) groups is 1. The molecule has 0 bridgehead atoms. The van der Waals surface area contributed by atoms with Crippen molar-refractivity contribution >= 4 is 28.1 Å². The third kappa shape index (κ3) is 3.75. The summed E-state index contributed by atoms with van der Waals surface area (Å²) in [6, 6.07) is 0. The van der Waals surface area contributed by atoms with Gasteiger partial charge in [0.2, 0.25) is 0 Å².